The first-order valence-electron chi connectivity index (χ1n) is 2.22. The van der Waals surface area contributed by atoms with Crippen molar-refractivity contribution in [3.8, 4) is 0 Å². The van der Waals surface area contributed by atoms with Crippen LogP contribution in [-0.4, -0.2) is 23.9 Å². The quantitative estimate of drug-likeness (QED) is 0.682. The molecule has 2 N–H and O–H groups in total. The third kappa shape index (κ3) is 1.36. The maximum absolute atomic E-state index is 5.15. The first-order valence-corrected chi connectivity index (χ1v) is 4.43. The molecule has 1 aromatic rings. The summed E-state index contributed by atoms with van der Waals surface area (Å²) in [6, 6.07) is 2.01. The van der Waals surface area contributed by atoms with Crippen LogP contribution in [0.5, 0.6) is 0 Å². The van der Waals surface area contributed by atoms with E-state index in [-0.39, 0.29) is 20.7 Å². The summed E-state index contributed by atoms with van der Waals surface area (Å²) in [6.45, 7) is 0. The summed E-state index contributed by atoms with van der Waals surface area (Å²) < 4.78 is 5.39. The second-order valence-electron chi connectivity index (χ2n) is 1.27. The molecule has 0 radical (unpaired) electrons. The van der Waals surface area contributed by atoms with Gasteiger partial charge in [-0.3, -0.25) is 0 Å². The van der Waals surface area contributed by atoms with Gasteiger partial charge in [-0.05, 0) is 0 Å². The molecule has 0 amide bonds. The van der Waals surface area contributed by atoms with Crippen molar-refractivity contribution in [3.63, 3.8) is 0 Å². The topological polar surface area (TPSA) is 38.9 Å². The Labute approximate surface area is 58.0 Å². The molecule has 1 rings (SSSR count). The summed E-state index contributed by atoms with van der Waals surface area (Å²) in [5, 5.41) is 0. The molecule has 0 saturated carbocycles. The molecular formula is C5H6N2Te. The number of aromatic nitrogens is 1. The SMILES string of the molecule is N/C=C/c1ccn[te]1. The predicted molar refractivity (Wildman–Crippen MR) is 34.4 cm³/mol. The van der Waals surface area contributed by atoms with Gasteiger partial charge < -0.3 is 0 Å². The molecule has 8 heavy (non-hydrogen) atoms. The zero-order chi connectivity index (χ0) is 5.82. The summed E-state index contributed by atoms with van der Waals surface area (Å²) in [4.78, 5) is 0. The number of hydrogen-bond donors (Lipinski definition) is 1. The molecule has 0 unspecified atom stereocenters. The fraction of sp³-hybridized carbons (Fsp3) is 0. The van der Waals surface area contributed by atoms with Crippen LogP contribution in [0.1, 0.15) is 3.58 Å². The van der Waals surface area contributed by atoms with Gasteiger partial charge in [-0.2, -0.15) is 0 Å². The zero-order valence-electron chi connectivity index (χ0n) is 4.24. The Balaban J connectivity index is 2.77. The van der Waals surface area contributed by atoms with Crippen molar-refractivity contribution < 1.29 is 0 Å². The molecule has 0 spiro atoms. The van der Waals surface area contributed by atoms with E-state index in [2.05, 4.69) is 3.21 Å². The summed E-state index contributed by atoms with van der Waals surface area (Å²) in [7, 11) is 0. The van der Waals surface area contributed by atoms with Crippen LogP contribution in [0.4, 0.5) is 0 Å². The van der Waals surface area contributed by atoms with Crippen LogP contribution < -0.4 is 5.73 Å². The van der Waals surface area contributed by atoms with E-state index in [1.807, 2.05) is 18.3 Å². The van der Waals surface area contributed by atoms with Gasteiger partial charge in [0.05, 0.1) is 0 Å². The van der Waals surface area contributed by atoms with Gasteiger partial charge >= 0.3 is 57.8 Å². The van der Waals surface area contributed by atoms with Crippen molar-refractivity contribution in [3.05, 3.63) is 22.0 Å². The van der Waals surface area contributed by atoms with E-state index in [0.29, 0.717) is 0 Å². The first kappa shape index (κ1) is 5.87. The van der Waals surface area contributed by atoms with Crippen LogP contribution in [0.2, 0.25) is 0 Å². The Morgan fingerprint density at radius 2 is 2.62 bits per heavy atom. The third-order valence-electron chi connectivity index (χ3n) is 0.718. The van der Waals surface area contributed by atoms with E-state index in [0.717, 1.165) is 0 Å². The maximum atomic E-state index is 5.15. The average molecular weight is 222 g/mol. The van der Waals surface area contributed by atoms with Crippen molar-refractivity contribution in [2.24, 2.45) is 5.73 Å². The fourth-order valence-electron chi connectivity index (χ4n) is 0.406. The first-order chi connectivity index (χ1) is 3.93. The minimum absolute atomic E-state index is 0.221. The Bertz CT molecular complexity index is 167. The molecule has 42 valence electrons. The van der Waals surface area contributed by atoms with E-state index in [1.54, 1.807) is 6.20 Å². The molecule has 2 nitrogen and oxygen atoms in total. The van der Waals surface area contributed by atoms with E-state index >= 15 is 0 Å². The van der Waals surface area contributed by atoms with E-state index in [1.165, 1.54) is 3.58 Å². The van der Waals surface area contributed by atoms with Gasteiger partial charge in [-0.25, -0.2) is 0 Å². The Kier molecular flexibility index (Phi) is 2.13. The molecule has 1 aromatic heterocycles. The van der Waals surface area contributed by atoms with Crippen LogP contribution in [0, 0.1) is 0 Å². The number of nitrogens with zero attached hydrogens (tertiary/aromatic N) is 1. The molecule has 0 atom stereocenters. The molecular weight excluding hydrogens is 216 g/mol. The number of nitrogens with two attached hydrogens (primary N) is 1. The van der Waals surface area contributed by atoms with Gasteiger partial charge in [0.2, 0.25) is 0 Å². The molecule has 0 aliphatic rings. The molecule has 0 bridgehead atoms. The summed E-state index contributed by atoms with van der Waals surface area (Å²) >= 11 is -0.221. The van der Waals surface area contributed by atoms with Crippen molar-refractivity contribution >= 4 is 26.8 Å². The summed E-state index contributed by atoms with van der Waals surface area (Å²) in [5.41, 5.74) is 5.15. The predicted octanol–water partition coefficient (Wildman–Crippen LogP) is 0.0680. The Morgan fingerprint density at radius 3 is 3.12 bits per heavy atom. The fourth-order valence-corrected chi connectivity index (χ4v) is 1.85. The minimum atomic E-state index is -0.221. The van der Waals surface area contributed by atoms with Gasteiger partial charge in [0, 0.05) is 0 Å². The monoisotopic (exact) mass is 224 g/mol. The van der Waals surface area contributed by atoms with Crippen LogP contribution in [0.15, 0.2) is 18.5 Å². The second-order valence-corrected chi connectivity index (χ2v) is 3.74. The molecule has 0 aliphatic heterocycles. The van der Waals surface area contributed by atoms with Crippen LogP contribution in [0.25, 0.3) is 6.08 Å². The molecule has 0 fully saturated rings. The Hall–Kier alpha value is -0.260. The van der Waals surface area contributed by atoms with Gasteiger partial charge in [-0.1, -0.05) is 0 Å². The van der Waals surface area contributed by atoms with E-state index < -0.39 is 0 Å². The van der Waals surface area contributed by atoms with Gasteiger partial charge in [0.25, 0.3) is 0 Å². The molecule has 3 heteroatoms. The summed E-state index contributed by atoms with van der Waals surface area (Å²) in [5.74, 6) is 0. The summed E-state index contributed by atoms with van der Waals surface area (Å²) in [6.07, 6.45) is 5.32. The van der Waals surface area contributed by atoms with Crippen molar-refractivity contribution in [2.75, 3.05) is 0 Å². The van der Waals surface area contributed by atoms with Crippen LogP contribution >= 0.6 is 0 Å². The van der Waals surface area contributed by atoms with Crippen molar-refractivity contribution in [1.29, 1.82) is 0 Å². The van der Waals surface area contributed by atoms with Crippen LogP contribution in [-0.2, 0) is 0 Å². The average Bonchev–Trinajstić information content (AvgIpc) is 2.19. The van der Waals surface area contributed by atoms with Crippen molar-refractivity contribution in [1.82, 2.24) is 3.21 Å². The molecule has 0 aromatic carbocycles. The van der Waals surface area contributed by atoms with Crippen molar-refractivity contribution in [2.45, 2.75) is 0 Å². The standard InChI is InChI=1S/C5H6N2Te/c6-3-1-5-2-4-7-8-5/h1-4H,6H2/b3-1+. The molecule has 1 heterocycles. The second kappa shape index (κ2) is 2.91. The van der Waals surface area contributed by atoms with Crippen LogP contribution in [0.3, 0.4) is 0 Å². The van der Waals surface area contributed by atoms with E-state index in [4.69, 9.17) is 5.73 Å². The number of hydrogen-bond acceptors (Lipinski definition) is 2. The zero-order valence-corrected chi connectivity index (χ0v) is 6.57. The van der Waals surface area contributed by atoms with E-state index in [9.17, 15) is 0 Å². The molecule has 0 aliphatic carbocycles. The van der Waals surface area contributed by atoms with Gasteiger partial charge in [0.1, 0.15) is 0 Å². The van der Waals surface area contributed by atoms with Gasteiger partial charge in [-0.15, -0.1) is 0 Å². The third-order valence-corrected chi connectivity index (χ3v) is 2.74. The molecule has 0 saturated heterocycles. The Morgan fingerprint density at radius 1 is 1.75 bits per heavy atom. The number of rotatable bonds is 1. The normalized spacial score (nSPS) is 10.5. The van der Waals surface area contributed by atoms with Gasteiger partial charge in [0.15, 0.2) is 0 Å².